The molecule has 2 aromatic rings. The summed E-state index contributed by atoms with van der Waals surface area (Å²) in [5.41, 5.74) is 1.14. The van der Waals surface area contributed by atoms with E-state index in [1.54, 1.807) is 0 Å². The quantitative estimate of drug-likeness (QED) is 0.752. The summed E-state index contributed by atoms with van der Waals surface area (Å²) in [5, 5.41) is 5.07. The zero-order chi connectivity index (χ0) is 11.1. The van der Waals surface area contributed by atoms with E-state index < -0.39 is 0 Å². The van der Waals surface area contributed by atoms with Crippen LogP contribution in [0.1, 0.15) is 12.0 Å². The average Bonchev–Trinajstić information content (AvgIpc) is 2.29. The van der Waals surface area contributed by atoms with E-state index in [4.69, 9.17) is 0 Å². The van der Waals surface area contributed by atoms with Crippen molar-refractivity contribution in [2.75, 3.05) is 5.32 Å². The van der Waals surface area contributed by atoms with Crippen LogP contribution in [0.2, 0.25) is 0 Å². The van der Waals surface area contributed by atoms with Gasteiger partial charge in [-0.25, -0.2) is 4.98 Å². The van der Waals surface area contributed by atoms with Crippen LogP contribution in [-0.4, -0.2) is 10.9 Å². The van der Waals surface area contributed by atoms with Gasteiger partial charge in [0.25, 0.3) is 0 Å². The lowest BCUT2D eigenvalue weighted by molar-refractivity contribution is -0.116. The minimum atomic E-state index is 0.0437. The van der Waals surface area contributed by atoms with Crippen LogP contribution >= 0.6 is 15.9 Å². The number of anilines is 1. The smallest absolute Gasteiger partial charge is 0.225 e. The lowest BCUT2D eigenvalue weighted by Crippen LogP contribution is -2.20. The molecule has 0 bridgehead atoms. The number of pyridine rings is 1. The van der Waals surface area contributed by atoms with Crippen LogP contribution in [0.15, 0.2) is 28.9 Å². The molecule has 1 aliphatic heterocycles. The summed E-state index contributed by atoms with van der Waals surface area (Å²) in [6.07, 6.45) is 1.31. The van der Waals surface area contributed by atoms with Crippen molar-refractivity contribution in [3.05, 3.63) is 34.4 Å². The second kappa shape index (κ2) is 3.56. The molecule has 0 fully saturated rings. The summed E-state index contributed by atoms with van der Waals surface area (Å²) >= 11 is 3.43. The van der Waals surface area contributed by atoms with E-state index >= 15 is 0 Å². The number of carbonyl (C=O) groups is 1. The molecule has 0 unspecified atom stereocenters. The molecule has 80 valence electrons. The Kier molecular flexibility index (Phi) is 2.17. The zero-order valence-electron chi connectivity index (χ0n) is 8.46. The van der Waals surface area contributed by atoms with Gasteiger partial charge in [-0.1, -0.05) is 24.3 Å². The third-order valence-electron chi connectivity index (χ3n) is 2.83. The Bertz CT molecular complexity index is 595. The first-order valence-corrected chi connectivity index (χ1v) is 5.92. The Morgan fingerprint density at radius 3 is 2.75 bits per heavy atom. The first-order chi connectivity index (χ1) is 7.75. The van der Waals surface area contributed by atoms with Crippen molar-refractivity contribution >= 4 is 38.4 Å². The molecule has 1 aromatic heterocycles. The van der Waals surface area contributed by atoms with Crippen LogP contribution in [0.5, 0.6) is 0 Å². The van der Waals surface area contributed by atoms with Crippen LogP contribution in [0, 0.1) is 0 Å². The van der Waals surface area contributed by atoms with Crippen molar-refractivity contribution in [2.45, 2.75) is 12.8 Å². The Morgan fingerprint density at radius 1 is 1.19 bits per heavy atom. The number of aryl methyl sites for hydroxylation is 1. The maximum absolute atomic E-state index is 11.3. The number of rotatable bonds is 0. The second-order valence-electron chi connectivity index (χ2n) is 3.82. The molecule has 1 aliphatic rings. The van der Waals surface area contributed by atoms with Gasteiger partial charge >= 0.3 is 0 Å². The molecule has 0 atom stereocenters. The molecule has 0 radical (unpaired) electrons. The molecule has 16 heavy (non-hydrogen) atoms. The number of halogens is 1. The Hall–Kier alpha value is -1.42. The van der Waals surface area contributed by atoms with Crippen molar-refractivity contribution in [3.63, 3.8) is 0 Å². The number of amides is 1. The third kappa shape index (κ3) is 1.41. The number of carbonyl (C=O) groups excluding carboxylic acids is 1. The summed E-state index contributed by atoms with van der Waals surface area (Å²) in [4.78, 5) is 15.7. The van der Waals surface area contributed by atoms with Gasteiger partial charge in [0, 0.05) is 17.4 Å². The van der Waals surface area contributed by atoms with Gasteiger partial charge in [-0.15, -0.1) is 0 Å². The van der Waals surface area contributed by atoms with Gasteiger partial charge in [0.1, 0.15) is 10.4 Å². The molecule has 1 aromatic carbocycles. The minimum absolute atomic E-state index is 0.0437. The standard InChI is InChI=1S/C12H9BrN2O/c13-11-8-4-2-1-3-7(8)9-5-6-10(16)14-12(9)15-11/h1-4H,5-6H2,(H,14,15,16). The van der Waals surface area contributed by atoms with Crippen molar-refractivity contribution in [1.82, 2.24) is 4.98 Å². The highest BCUT2D eigenvalue weighted by Crippen LogP contribution is 2.32. The normalized spacial score (nSPS) is 14.7. The van der Waals surface area contributed by atoms with E-state index in [9.17, 15) is 4.79 Å². The van der Waals surface area contributed by atoms with E-state index in [1.165, 1.54) is 5.39 Å². The number of nitrogens with one attached hydrogen (secondary N) is 1. The molecule has 0 saturated carbocycles. The summed E-state index contributed by atoms with van der Waals surface area (Å²) in [5.74, 6) is 0.740. The molecule has 1 N–H and O–H groups in total. The van der Waals surface area contributed by atoms with Crippen LogP contribution < -0.4 is 5.32 Å². The SMILES string of the molecule is O=C1CCc2c(nc(Br)c3ccccc23)N1. The molecule has 3 nitrogen and oxygen atoms in total. The average molecular weight is 277 g/mol. The fourth-order valence-corrected chi connectivity index (χ4v) is 2.59. The molecule has 1 amide bonds. The topological polar surface area (TPSA) is 42.0 Å². The maximum Gasteiger partial charge on any atom is 0.225 e. The van der Waals surface area contributed by atoms with Gasteiger partial charge in [0.2, 0.25) is 5.91 Å². The molecule has 0 aliphatic carbocycles. The molecular formula is C12H9BrN2O. The van der Waals surface area contributed by atoms with Crippen LogP contribution in [0.25, 0.3) is 10.8 Å². The zero-order valence-corrected chi connectivity index (χ0v) is 10.0. The van der Waals surface area contributed by atoms with Gasteiger partial charge in [-0.3, -0.25) is 4.79 Å². The number of hydrogen-bond acceptors (Lipinski definition) is 2. The second-order valence-corrected chi connectivity index (χ2v) is 4.57. The molecular weight excluding hydrogens is 268 g/mol. The highest BCUT2D eigenvalue weighted by Gasteiger charge is 2.19. The van der Waals surface area contributed by atoms with Crippen molar-refractivity contribution in [3.8, 4) is 0 Å². The van der Waals surface area contributed by atoms with E-state index in [0.29, 0.717) is 12.2 Å². The van der Waals surface area contributed by atoms with Gasteiger partial charge in [-0.05, 0) is 27.7 Å². The lowest BCUT2D eigenvalue weighted by atomic mass is 10.00. The molecule has 0 spiro atoms. The molecule has 0 saturated heterocycles. The Labute approximate surface area is 101 Å². The largest absolute Gasteiger partial charge is 0.310 e. The fraction of sp³-hybridized carbons (Fsp3) is 0.167. The van der Waals surface area contributed by atoms with Crippen LogP contribution in [0.4, 0.5) is 5.82 Å². The van der Waals surface area contributed by atoms with Crippen LogP contribution in [0.3, 0.4) is 0 Å². The predicted octanol–water partition coefficient (Wildman–Crippen LogP) is 2.88. The van der Waals surface area contributed by atoms with Gasteiger partial charge in [0.05, 0.1) is 0 Å². The molecule has 4 heteroatoms. The van der Waals surface area contributed by atoms with Crippen molar-refractivity contribution < 1.29 is 4.79 Å². The predicted molar refractivity (Wildman–Crippen MR) is 66.4 cm³/mol. The first-order valence-electron chi connectivity index (χ1n) is 5.12. The lowest BCUT2D eigenvalue weighted by Gasteiger charge is -2.18. The number of benzene rings is 1. The van der Waals surface area contributed by atoms with Gasteiger partial charge in [-0.2, -0.15) is 0 Å². The fourth-order valence-electron chi connectivity index (χ4n) is 2.07. The van der Waals surface area contributed by atoms with E-state index in [-0.39, 0.29) is 5.91 Å². The van der Waals surface area contributed by atoms with Crippen LogP contribution in [-0.2, 0) is 11.2 Å². The van der Waals surface area contributed by atoms with E-state index in [1.807, 2.05) is 18.2 Å². The highest BCUT2D eigenvalue weighted by molar-refractivity contribution is 9.10. The Balaban J connectivity index is 2.35. The maximum atomic E-state index is 11.3. The van der Waals surface area contributed by atoms with E-state index in [2.05, 4.69) is 32.3 Å². The number of nitrogens with zero attached hydrogens (tertiary/aromatic N) is 1. The number of aromatic nitrogens is 1. The minimum Gasteiger partial charge on any atom is -0.310 e. The number of fused-ring (bicyclic) bond motifs is 3. The molecule has 2 heterocycles. The van der Waals surface area contributed by atoms with Crippen molar-refractivity contribution in [1.29, 1.82) is 0 Å². The van der Waals surface area contributed by atoms with Crippen molar-refractivity contribution in [2.24, 2.45) is 0 Å². The van der Waals surface area contributed by atoms with E-state index in [0.717, 1.165) is 22.0 Å². The summed E-state index contributed by atoms with van der Waals surface area (Å²) in [6, 6.07) is 8.09. The Morgan fingerprint density at radius 2 is 1.94 bits per heavy atom. The first kappa shape index (κ1) is 9.78. The summed E-state index contributed by atoms with van der Waals surface area (Å²) < 4.78 is 0.782. The summed E-state index contributed by atoms with van der Waals surface area (Å²) in [7, 11) is 0. The monoisotopic (exact) mass is 276 g/mol. The highest BCUT2D eigenvalue weighted by atomic mass is 79.9. The summed E-state index contributed by atoms with van der Waals surface area (Å²) in [6.45, 7) is 0. The molecule has 3 rings (SSSR count). The third-order valence-corrected chi connectivity index (χ3v) is 3.43. The van der Waals surface area contributed by atoms with Gasteiger partial charge < -0.3 is 5.32 Å². The van der Waals surface area contributed by atoms with Gasteiger partial charge in [0.15, 0.2) is 0 Å². The number of hydrogen-bond donors (Lipinski definition) is 1.